The van der Waals surface area contributed by atoms with Crippen molar-refractivity contribution in [3.05, 3.63) is 0 Å². The largest absolute Gasteiger partial charge is 0.461 e. The van der Waals surface area contributed by atoms with Gasteiger partial charge in [0, 0.05) is 0 Å². The molecule has 0 atom stereocenters. The second-order valence-electron chi connectivity index (χ2n) is 1.33. The fourth-order valence-electron chi connectivity index (χ4n) is 0.358. The minimum atomic E-state index is -0.586. The molecule has 0 aromatic rings. The van der Waals surface area contributed by atoms with Crippen LogP contribution >= 0.6 is 11.8 Å². The van der Waals surface area contributed by atoms with Crippen molar-refractivity contribution in [1.82, 2.24) is 0 Å². The molecule has 0 bridgehead atoms. The van der Waals surface area contributed by atoms with Crippen molar-refractivity contribution in [3.63, 3.8) is 0 Å². The molecule has 10 heavy (non-hydrogen) atoms. The highest BCUT2D eigenvalue weighted by molar-refractivity contribution is 8.15. The maximum absolute atomic E-state index is 10.7. The van der Waals surface area contributed by atoms with Gasteiger partial charge >= 0.3 is 5.97 Å². The first-order valence-corrected chi connectivity index (χ1v) is 3.91. The van der Waals surface area contributed by atoms with Gasteiger partial charge in [-0.05, 0) is 13.2 Å². The Labute approximate surface area is 63.2 Å². The number of ether oxygens (including phenoxy) is 1. The molecule has 0 saturated heterocycles. The van der Waals surface area contributed by atoms with E-state index in [1.165, 1.54) is 0 Å². The molecule has 58 valence electrons. The van der Waals surface area contributed by atoms with Crippen LogP contribution in [-0.2, 0) is 9.53 Å². The molecule has 0 saturated carbocycles. The molecular formula is C5H9NO3S. The lowest BCUT2D eigenvalue weighted by atomic mass is 10.7. The molecule has 0 heterocycles. The lowest BCUT2D eigenvalue weighted by molar-refractivity contribution is -0.134. The van der Waals surface area contributed by atoms with Gasteiger partial charge in [0.2, 0.25) is 5.04 Å². The third kappa shape index (κ3) is 2.72. The van der Waals surface area contributed by atoms with E-state index in [9.17, 15) is 4.79 Å². The van der Waals surface area contributed by atoms with E-state index in [2.05, 4.69) is 9.89 Å². The first-order chi connectivity index (χ1) is 4.76. The van der Waals surface area contributed by atoms with Gasteiger partial charge in [0.05, 0.1) is 6.61 Å². The van der Waals surface area contributed by atoms with Gasteiger partial charge in [-0.1, -0.05) is 16.9 Å². The zero-order valence-corrected chi connectivity index (χ0v) is 6.64. The Balaban J connectivity index is 3.91. The monoisotopic (exact) mass is 163 g/mol. The molecule has 4 nitrogen and oxygen atoms in total. The summed E-state index contributed by atoms with van der Waals surface area (Å²) in [6, 6.07) is 0. The van der Waals surface area contributed by atoms with Crippen molar-refractivity contribution in [1.29, 1.82) is 0 Å². The van der Waals surface area contributed by atoms with Crippen molar-refractivity contribution >= 4 is 22.8 Å². The maximum Gasteiger partial charge on any atom is 0.367 e. The van der Waals surface area contributed by atoms with Gasteiger partial charge in [-0.15, -0.1) is 0 Å². The number of hydrogen-bond acceptors (Lipinski definition) is 5. The normalized spacial score (nSPS) is 11.2. The van der Waals surface area contributed by atoms with Crippen LogP contribution in [0.25, 0.3) is 0 Å². The van der Waals surface area contributed by atoms with E-state index in [1.807, 2.05) is 0 Å². The van der Waals surface area contributed by atoms with E-state index >= 15 is 0 Å². The minimum Gasteiger partial charge on any atom is -0.461 e. The average Bonchev–Trinajstić information content (AvgIpc) is 1.91. The molecule has 0 amide bonds. The molecule has 0 rings (SSSR count). The number of oxime groups is 1. The van der Waals surface area contributed by atoms with E-state index < -0.39 is 5.97 Å². The lowest BCUT2D eigenvalue weighted by Gasteiger charge is -1.98. The Kier molecular flexibility index (Phi) is 4.74. The van der Waals surface area contributed by atoms with Crippen molar-refractivity contribution in [2.45, 2.75) is 6.92 Å². The fourth-order valence-corrected chi connectivity index (χ4v) is 0.665. The standard InChI is InChI=1S/C5H9NO3S/c1-3-9-5(7)4(6-8)10-2/h8H,3H2,1-2H3. The van der Waals surface area contributed by atoms with Gasteiger partial charge < -0.3 is 9.94 Å². The summed E-state index contributed by atoms with van der Waals surface area (Å²) in [5.74, 6) is -0.586. The molecule has 0 aliphatic rings. The topological polar surface area (TPSA) is 58.9 Å². The van der Waals surface area contributed by atoms with Crippen LogP contribution in [0.1, 0.15) is 6.92 Å². The van der Waals surface area contributed by atoms with Crippen LogP contribution in [0.15, 0.2) is 5.16 Å². The highest BCUT2D eigenvalue weighted by atomic mass is 32.2. The molecule has 0 aliphatic heterocycles. The molecule has 0 fully saturated rings. The second kappa shape index (κ2) is 5.10. The number of carbonyl (C=O) groups excluding carboxylic acids is 1. The fraction of sp³-hybridized carbons (Fsp3) is 0.600. The van der Waals surface area contributed by atoms with Crippen LogP contribution in [0.3, 0.4) is 0 Å². The highest BCUT2D eigenvalue weighted by Gasteiger charge is 2.10. The summed E-state index contributed by atoms with van der Waals surface area (Å²) >= 11 is 1.04. The van der Waals surface area contributed by atoms with E-state index in [4.69, 9.17) is 5.21 Å². The van der Waals surface area contributed by atoms with Crippen molar-refractivity contribution in [2.24, 2.45) is 5.16 Å². The molecular weight excluding hydrogens is 154 g/mol. The smallest absolute Gasteiger partial charge is 0.367 e. The van der Waals surface area contributed by atoms with Crippen LogP contribution in [0.2, 0.25) is 0 Å². The highest BCUT2D eigenvalue weighted by Crippen LogP contribution is 1.99. The molecule has 0 aromatic carbocycles. The zero-order chi connectivity index (χ0) is 7.98. The Morgan fingerprint density at radius 2 is 2.40 bits per heavy atom. The third-order valence-electron chi connectivity index (χ3n) is 0.734. The summed E-state index contributed by atoms with van der Waals surface area (Å²) in [7, 11) is 0. The number of thioether (sulfide) groups is 1. The second-order valence-corrected chi connectivity index (χ2v) is 2.12. The Morgan fingerprint density at radius 3 is 2.70 bits per heavy atom. The molecule has 5 heteroatoms. The summed E-state index contributed by atoms with van der Waals surface area (Å²) < 4.78 is 4.54. The predicted octanol–water partition coefficient (Wildman–Crippen LogP) is 0.700. The number of esters is 1. The minimum absolute atomic E-state index is 0.0261. The van der Waals surface area contributed by atoms with Gasteiger partial charge in [0.15, 0.2) is 0 Å². The van der Waals surface area contributed by atoms with Crippen LogP contribution in [0, 0.1) is 0 Å². The van der Waals surface area contributed by atoms with Gasteiger partial charge in [-0.25, -0.2) is 4.79 Å². The van der Waals surface area contributed by atoms with E-state index in [0.717, 1.165) is 11.8 Å². The molecule has 0 spiro atoms. The van der Waals surface area contributed by atoms with Crippen LogP contribution < -0.4 is 0 Å². The van der Waals surface area contributed by atoms with E-state index in [0.29, 0.717) is 6.61 Å². The number of rotatable bonds is 1. The Morgan fingerprint density at radius 1 is 1.80 bits per heavy atom. The SMILES string of the molecule is CCOC(=O)C(=NO)SC. The molecule has 0 radical (unpaired) electrons. The predicted molar refractivity (Wildman–Crippen MR) is 39.4 cm³/mol. The van der Waals surface area contributed by atoms with Crippen LogP contribution in [0.4, 0.5) is 0 Å². The first kappa shape index (κ1) is 9.29. The number of carbonyl (C=O) groups is 1. The number of hydrogen-bond donors (Lipinski definition) is 1. The Bertz CT molecular complexity index is 146. The van der Waals surface area contributed by atoms with Crippen molar-refractivity contribution < 1.29 is 14.7 Å². The van der Waals surface area contributed by atoms with Crippen molar-refractivity contribution in [3.8, 4) is 0 Å². The molecule has 1 N–H and O–H groups in total. The Hall–Kier alpha value is -0.710. The number of nitrogens with zero attached hydrogens (tertiary/aromatic N) is 1. The quantitative estimate of drug-likeness (QED) is 0.203. The van der Waals surface area contributed by atoms with Gasteiger partial charge in [0.25, 0.3) is 0 Å². The maximum atomic E-state index is 10.7. The average molecular weight is 163 g/mol. The molecule has 0 aromatic heterocycles. The van der Waals surface area contributed by atoms with Gasteiger partial charge in [-0.2, -0.15) is 0 Å². The van der Waals surface area contributed by atoms with E-state index in [-0.39, 0.29) is 5.04 Å². The van der Waals surface area contributed by atoms with Crippen LogP contribution in [-0.4, -0.2) is 29.1 Å². The summed E-state index contributed by atoms with van der Waals surface area (Å²) in [4.78, 5) is 10.7. The van der Waals surface area contributed by atoms with Crippen molar-refractivity contribution in [2.75, 3.05) is 12.9 Å². The summed E-state index contributed by atoms with van der Waals surface area (Å²) in [5.41, 5.74) is 0. The van der Waals surface area contributed by atoms with E-state index in [1.54, 1.807) is 13.2 Å². The zero-order valence-electron chi connectivity index (χ0n) is 5.83. The van der Waals surface area contributed by atoms with Gasteiger partial charge in [-0.3, -0.25) is 0 Å². The van der Waals surface area contributed by atoms with Gasteiger partial charge in [0.1, 0.15) is 0 Å². The molecule has 0 aliphatic carbocycles. The molecule has 0 unspecified atom stereocenters. The summed E-state index contributed by atoms with van der Waals surface area (Å²) in [6.07, 6.45) is 1.63. The summed E-state index contributed by atoms with van der Waals surface area (Å²) in [5, 5.41) is 10.9. The summed E-state index contributed by atoms with van der Waals surface area (Å²) in [6.45, 7) is 1.98. The first-order valence-electron chi connectivity index (χ1n) is 2.69. The third-order valence-corrected chi connectivity index (χ3v) is 1.37. The van der Waals surface area contributed by atoms with Crippen LogP contribution in [0.5, 0.6) is 0 Å². The lowest BCUT2D eigenvalue weighted by Crippen LogP contribution is -2.13.